The van der Waals surface area contributed by atoms with Crippen molar-refractivity contribution in [2.45, 2.75) is 11.1 Å². The number of benzene rings is 1. The lowest BCUT2D eigenvalue weighted by molar-refractivity contribution is -0.141. The van der Waals surface area contributed by atoms with Crippen LogP contribution >= 0.6 is 34.7 Å². The number of halogens is 4. The molecule has 0 amide bonds. The Kier molecular flexibility index (Phi) is 4.17. The first-order chi connectivity index (χ1) is 8.88. The van der Waals surface area contributed by atoms with Gasteiger partial charge in [0.05, 0.1) is 0 Å². The van der Waals surface area contributed by atoms with Crippen LogP contribution in [0.15, 0.2) is 35.2 Å². The molecule has 0 aliphatic heterocycles. The van der Waals surface area contributed by atoms with Gasteiger partial charge in [0.1, 0.15) is 4.88 Å². The molecule has 0 saturated carbocycles. The second-order valence-corrected chi connectivity index (χ2v) is 5.97. The Bertz CT molecular complexity index is 598. The molecule has 8 heteroatoms. The van der Waals surface area contributed by atoms with Crippen molar-refractivity contribution in [2.24, 2.45) is 0 Å². The summed E-state index contributed by atoms with van der Waals surface area (Å²) in [4.78, 5) is 15.1. The van der Waals surface area contributed by atoms with Crippen LogP contribution in [0.1, 0.15) is 15.4 Å². The Morgan fingerprint density at radius 1 is 1.26 bits per heavy atom. The zero-order valence-corrected chi connectivity index (χ0v) is 11.5. The topological polar surface area (TPSA) is 30.0 Å². The van der Waals surface area contributed by atoms with E-state index in [4.69, 9.17) is 11.6 Å². The molecular formula is C11H5ClF3NOS2. The van der Waals surface area contributed by atoms with E-state index >= 15 is 0 Å². The van der Waals surface area contributed by atoms with Crippen LogP contribution in [0.5, 0.6) is 0 Å². The second-order valence-electron chi connectivity index (χ2n) is 3.34. The molecule has 0 aliphatic rings. The van der Waals surface area contributed by atoms with Crippen molar-refractivity contribution in [3.05, 3.63) is 45.4 Å². The van der Waals surface area contributed by atoms with E-state index in [1.165, 1.54) is 0 Å². The standard InChI is InChI=1S/C11H5ClF3NOS2/c12-10-16-8(11(13,14)15)7(19-10)9(17)18-6-4-2-1-3-5-6/h1-5H. The summed E-state index contributed by atoms with van der Waals surface area (Å²) in [6.45, 7) is 0. The first-order valence-electron chi connectivity index (χ1n) is 4.88. The Balaban J connectivity index is 2.30. The van der Waals surface area contributed by atoms with Gasteiger partial charge < -0.3 is 0 Å². The van der Waals surface area contributed by atoms with Gasteiger partial charge in [-0.1, -0.05) is 41.1 Å². The average molecular weight is 324 g/mol. The minimum Gasteiger partial charge on any atom is -0.280 e. The maximum atomic E-state index is 12.7. The van der Waals surface area contributed by atoms with Gasteiger partial charge in [-0.15, -0.1) is 0 Å². The zero-order valence-electron chi connectivity index (χ0n) is 9.07. The van der Waals surface area contributed by atoms with Gasteiger partial charge in [-0.25, -0.2) is 4.98 Å². The maximum absolute atomic E-state index is 12.7. The average Bonchev–Trinajstić information content (AvgIpc) is 2.72. The number of alkyl halides is 3. The molecule has 1 aromatic carbocycles. The van der Waals surface area contributed by atoms with Gasteiger partial charge in [0.15, 0.2) is 10.2 Å². The smallest absolute Gasteiger partial charge is 0.280 e. The van der Waals surface area contributed by atoms with Crippen LogP contribution in [0, 0.1) is 0 Å². The number of carbonyl (C=O) groups excluding carboxylic acids is 1. The lowest BCUT2D eigenvalue weighted by atomic mass is 10.4. The first-order valence-corrected chi connectivity index (χ1v) is 6.90. The van der Waals surface area contributed by atoms with E-state index in [0.717, 1.165) is 0 Å². The van der Waals surface area contributed by atoms with Crippen LogP contribution in [0.4, 0.5) is 13.2 Å². The molecule has 0 aliphatic carbocycles. The van der Waals surface area contributed by atoms with Crippen molar-refractivity contribution in [3.63, 3.8) is 0 Å². The van der Waals surface area contributed by atoms with Crippen molar-refractivity contribution >= 4 is 39.8 Å². The molecule has 0 N–H and O–H groups in total. The van der Waals surface area contributed by atoms with Crippen LogP contribution < -0.4 is 0 Å². The number of carbonyl (C=O) groups is 1. The molecule has 0 bridgehead atoms. The molecule has 0 spiro atoms. The third-order valence-electron chi connectivity index (χ3n) is 2.01. The lowest BCUT2D eigenvalue weighted by Gasteiger charge is -2.04. The Morgan fingerprint density at radius 2 is 1.89 bits per heavy atom. The van der Waals surface area contributed by atoms with E-state index in [9.17, 15) is 18.0 Å². The highest BCUT2D eigenvalue weighted by atomic mass is 35.5. The third-order valence-corrected chi connectivity index (χ3v) is 4.19. The molecule has 2 nitrogen and oxygen atoms in total. The summed E-state index contributed by atoms with van der Waals surface area (Å²) < 4.78 is 37.8. The molecule has 0 saturated heterocycles. The van der Waals surface area contributed by atoms with E-state index in [0.29, 0.717) is 28.0 Å². The third kappa shape index (κ3) is 3.49. The molecule has 2 rings (SSSR count). The van der Waals surface area contributed by atoms with Crippen LogP contribution in [0.2, 0.25) is 4.47 Å². The van der Waals surface area contributed by atoms with Gasteiger partial charge in [-0.3, -0.25) is 4.79 Å². The Labute approximate surface area is 119 Å². The minimum absolute atomic E-state index is 0.302. The van der Waals surface area contributed by atoms with E-state index < -0.39 is 21.9 Å². The molecule has 0 radical (unpaired) electrons. The predicted octanol–water partition coefficient (Wildman–Crippen LogP) is 4.75. The summed E-state index contributed by atoms with van der Waals surface area (Å²) in [6.07, 6.45) is -4.69. The lowest BCUT2D eigenvalue weighted by Crippen LogP contribution is -2.10. The summed E-state index contributed by atoms with van der Waals surface area (Å²) in [5, 5.41) is -0.720. The van der Waals surface area contributed by atoms with Crippen LogP contribution in [0.3, 0.4) is 0 Å². The van der Waals surface area contributed by atoms with Crippen molar-refractivity contribution in [3.8, 4) is 0 Å². The van der Waals surface area contributed by atoms with Crippen molar-refractivity contribution in [2.75, 3.05) is 0 Å². The fraction of sp³-hybridized carbons (Fsp3) is 0.0909. The molecule has 0 atom stereocenters. The van der Waals surface area contributed by atoms with Gasteiger partial charge in [-0.2, -0.15) is 13.2 Å². The van der Waals surface area contributed by atoms with E-state index in [1.54, 1.807) is 30.3 Å². The molecule has 100 valence electrons. The maximum Gasteiger partial charge on any atom is 0.435 e. The molecule has 1 heterocycles. The van der Waals surface area contributed by atoms with Gasteiger partial charge in [-0.05, 0) is 23.9 Å². The summed E-state index contributed by atoms with van der Waals surface area (Å²) >= 11 is 6.71. The summed E-state index contributed by atoms with van der Waals surface area (Å²) in [6, 6.07) is 8.41. The van der Waals surface area contributed by atoms with Gasteiger partial charge >= 0.3 is 6.18 Å². The van der Waals surface area contributed by atoms with E-state index in [1.807, 2.05) is 0 Å². The molecule has 0 fully saturated rings. The molecule has 2 aromatic rings. The van der Waals surface area contributed by atoms with Gasteiger partial charge in [0.2, 0.25) is 5.12 Å². The molecule has 19 heavy (non-hydrogen) atoms. The largest absolute Gasteiger partial charge is 0.435 e. The van der Waals surface area contributed by atoms with E-state index in [-0.39, 0.29) is 4.47 Å². The number of rotatable bonds is 2. The summed E-state index contributed by atoms with van der Waals surface area (Å²) in [5.41, 5.74) is -1.23. The predicted molar refractivity (Wildman–Crippen MR) is 68.8 cm³/mol. The highest BCUT2D eigenvalue weighted by Crippen LogP contribution is 2.38. The number of hydrogen-bond donors (Lipinski definition) is 0. The van der Waals surface area contributed by atoms with Gasteiger partial charge in [0, 0.05) is 4.90 Å². The zero-order chi connectivity index (χ0) is 14.0. The Morgan fingerprint density at radius 3 is 2.47 bits per heavy atom. The fourth-order valence-corrected chi connectivity index (χ4v) is 3.18. The van der Waals surface area contributed by atoms with Crippen molar-refractivity contribution < 1.29 is 18.0 Å². The Hall–Kier alpha value is -1.05. The van der Waals surface area contributed by atoms with Crippen molar-refractivity contribution in [1.82, 2.24) is 4.98 Å². The molecule has 0 unspecified atom stereocenters. The molecular weight excluding hydrogens is 319 g/mol. The number of nitrogens with zero attached hydrogens (tertiary/aromatic N) is 1. The van der Waals surface area contributed by atoms with Gasteiger partial charge in [0.25, 0.3) is 0 Å². The van der Waals surface area contributed by atoms with Crippen LogP contribution in [-0.4, -0.2) is 10.1 Å². The number of thioether (sulfide) groups is 1. The monoisotopic (exact) mass is 323 g/mol. The SMILES string of the molecule is O=C(Sc1ccccc1)c1sc(Cl)nc1C(F)(F)F. The number of thiazole rings is 1. The van der Waals surface area contributed by atoms with Crippen molar-refractivity contribution in [1.29, 1.82) is 0 Å². The van der Waals surface area contributed by atoms with E-state index in [2.05, 4.69) is 4.98 Å². The number of aromatic nitrogens is 1. The fourth-order valence-electron chi connectivity index (χ4n) is 1.27. The highest BCUT2D eigenvalue weighted by molar-refractivity contribution is 8.14. The van der Waals surface area contributed by atoms with Crippen LogP contribution in [-0.2, 0) is 6.18 Å². The highest BCUT2D eigenvalue weighted by Gasteiger charge is 2.39. The summed E-state index contributed by atoms with van der Waals surface area (Å²) in [7, 11) is 0. The first kappa shape index (κ1) is 14.4. The quantitative estimate of drug-likeness (QED) is 0.747. The number of hydrogen-bond acceptors (Lipinski definition) is 4. The normalized spacial score (nSPS) is 11.6. The molecule has 1 aromatic heterocycles. The van der Waals surface area contributed by atoms with Crippen LogP contribution in [0.25, 0.3) is 0 Å². The second kappa shape index (κ2) is 5.52. The minimum atomic E-state index is -4.69. The summed E-state index contributed by atoms with van der Waals surface area (Å²) in [5.74, 6) is 0.